The van der Waals surface area contributed by atoms with Crippen LogP contribution < -0.4 is 5.73 Å². The molecule has 4 nitrogen and oxygen atoms in total. The lowest BCUT2D eigenvalue weighted by atomic mass is 10.1. The SMILES string of the molecule is CC(CN)CCN(C)CCc1ccc2nc[nH]c2c1. The first-order chi connectivity index (χ1) is 9.19. The van der Waals surface area contributed by atoms with Gasteiger partial charge in [-0.15, -0.1) is 0 Å². The van der Waals surface area contributed by atoms with E-state index in [0.29, 0.717) is 5.92 Å². The van der Waals surface area contributed by atoms with Crippen LogP contribution in [0.1, 0.15) is 18.9 Å². The van der Waals surface area contributed by atoms with Crippen molar-refractivity contribution in [1.82, 2.24) is 14.9 Å². The van der Waals surface area contributed by atoms with Crippen LogP contribution in [0.15, 0.2) is 24.5 Å². The standard InChI is InChI=1S/C15H24N4/c1-12(10-16)5-7-19(2)8-6-13-3-4-14-15(9-13)18-11-17-14/h3-4,9,11-12H,5-8,10,16H2,1-2H3,(H,17,18). The summed E-state index contributed by atoms with van der Waals surface area (Å²) >= 11 is 0. The number of nitrogens with two attached hydrogens (primary N) is 1. The van der Waals surface area contributed by atoms with E-state index in [-0.39, 0.29) is 0 Å². The van der Waals surface area contributed by atoms with E-state index in [9.17, 15) is 0 Å². The lowest BCUT2D eigenvalue weighted by molar-refractivity contribution is 0.310. The van der Waals surface area contributed by atoms with Gasteiger partial charge in [0.2, 0.25) is 0 Å². The van der Waals surface area contributed by atoms with E-state index in [1.807, 2.05) is 0 Å². The van der Waals surface area contributed by atoms with Gasteiger partial charge in [-0.1, -0.05) is 13.0 Å². The van der Waals surface area contributed by atoms with Crippen molar-refractivity contribution < 1.29 is 0 Å². The van der Waals surface area contributed by atoms with Crippen molar-refractivity contribution in [2.75, 3.05) is 26.7 Å². The third-order valence-electron chi connectivity index (χ3n) is 3.67. The maximum absolute atomic E-state index is 5.64. The van der Waals surface area contributed by atoms with Crippen LogP contribution in [0, 0.1) is 5.92 Å². The number of imidazole rings is 1. The number of aromatic amines is 1. The molecule has 0 aliphatic carbocycles. The second-order valence-electron chi connectivity index (χ2n) is 5.44. The third-order valence-corrected chi connectivity index (χ3v) is 3.67. The van der Waals surface area contributed by atoms with Gasteiger partial charge in [-0.3, -0.25) is 0 Å². The van der Waals surface area contributed by atoms with E-state index in [0.717, 1.165) is 37.1 Å². The summed E-state index contributed by atoms with van der Waals surface area (Å²) in [5.41, 5.74) is 9.15. The molecule has 0 spiro atoms. The molecule has 0 saturated carbocycles. The Morgan fingerprint density at radius 1 is 1.37 bits per heavy atom. The Kier molecular flexibility index (Phi) is 4.93. The molecule has 104 valence electrons. The van der Waals surface area contributed by atoms with Crippen LogP contribution >= 0.6 is 0 Å². The van der Waals surface area contributed by atoms with Gasteiger partial charge in [0.1, 0.15) is 0 Å². The van der Waals surface area contributed by atoms with Crippen LogP contribution in [-0.2, 0) is 6.42 Å². The van der Waals surface area contributed by atoms with Crippen LogP contribution in [0.3, 0.4) is 0 Å². The van der Waals surface area contributed by atoms with Crippen molar-refractivity contribution >= 4 is 11.0 Å². The quantitative estimate of drug-likeness (QED) is 0.801. The summed E-state index contributed by atoms with van der Waals surface area (Å²) in [5.74, 6) is 0.615. The molecule has 1 heterocycles. The van der Waals surface area contributed by atoms with Crippen LogP contribution in [0.2, 0.25) is 0 Å². The molecule has 2 aromatic rings. The van der Waals surface area contributed by atoms with E-state index in [1.54, 1.807) is 6.33 Å². The highest BCUT2D eigenvalue weighted by Gasteiger charge is 2.04. The van der Waals surface area contributed by atoms with Gasteiger partial charge >= 0.3 is 0 Å². The summed E-state index contributed by atoms with van der Waals surface area (Å²) in [5, 5.41) is 0. The lowest BCUT2D eigenvalue weighted by Crippen LogP contribution is -2.25. The fourth-order valence-corrected chi connectivity index (χ4v) is 2.13. The first-order valence-electron chi connectivity index (χ1n) is 6.99. The number of hydrogen-bond donors (Lipinski definition) is 2. The first kappa shape index (κ1) is 14.0. The van der Waals surface area contributed by atoms with E-state index in [4.69, 9.17) is 5.73 Å². The van der Waals surface area contributed by atoms with Gasteiger partial charge in [-0.05, 0) is 56.6 Å². The molecule has 4 heteroatoms. The summed E-state index contributed by atoms with van der Waals surface area (Å²) in [6, 6.07) is 6.44. The summed E-state index contributed by atoms with van der Waals surface area (Å²) in [6.45, 7) is 5.19. The van der Waals surface area contributed by atoms with Gasteiger partial charge in [0, 0.05) is 6.54 Å². The molecule has 0 aliphatic heterocycles. The number of H-pyrrole nitrogens is 1. The minimum Gasteiger partial charge on any atom is -0.345 e. The minimum absolute atomic E-state index is 0.615. The molecule has 19 heavy (non-hydrogen) atoms. The molecular weight excluding hydrogens is 236 g/mol. The fraction of sp³-hybridized carbons (Fsp3) is 0.533. The maximum Gasteiger partial charge on any atom is 0.0931 e. The van der Waals surface area contributed by atoms with Gasteiger partial charge < -0.3 is 15.6 Å². The van der Waals surface area contributed by atoms with Crippen LogP contribution in [0.4, 0.5) is 0 Å². The van der Waals surface area contributed by atoms with Gasteiger partial charge in [-0.25, -0.2) is 4.98 Å². The fourth-order valence-electron chi connectivity index (χ4n) is 2.13. The van der Waals surface area contributed by atoms with Crippen molar-refractivity contribution in [3.8, 4) is 0 Å². The number of nitrogens with zero attached hydrogens (tertiary/aromatic N) is 2. The highest BCUT2D eigenvalue weighted by atomic mass is 15.1. The Hall–Kier alpha value is -1.39. The Morgan fingerprint density at radius 3 is 3.00 bits per heavy atom. The summed E-state index contributed by atoms with van der Waals surface area (Å²) in [4.78, 5) is 9.77. The Bertz CT molecular complexity index is 506. The number of rotatable bonds is 7. The predicted octanol–water partition coefficient (Wildman–Crippen LogP) is 2.02. The number of nitrogens with one attached hydrogen (secondary N) is 1. The smallest absolute Gasteiger partial charge is 0.0931 e. The Labute approximate surface area is 115 Å². The molecule has 1 atom stereocenters. The summed E-state index contributed by atoms with van der Waals surface area (Å²) < 4.78 is 0. The second kappa shape index (κ2) is 6.68. The normalized spacial score (nSPS) is 13.3. The number of benzene rings is 1. The van der Waals surface area contributed by atoms with E-state index in [1.165, 1.54) is 12.0 Å². The van der Waals surface area contributed by atoms with Gasteiger partial charge in [0.05, 0.1) is 17.4 Å². The molecular formula is C15H24N4. The van der Waals surface area contributed by atoms with Crippen molar-refractivity contribution in [2.24, 2.45) is 11.7 Å². The highest BCUT2D eigenvalue weighted by Crippen LogP contribution is 2.12. The zero-order valence-corrected chi connectivity index (χ0v) is 11.9. The van der Waals surface area contributed by atoms with Crippen molar-refractivity contribution in [1.29, 1.82) is 0 Å². The van der Waals surface area contributed by atoms with Crippen molar-refractivity contribution in [3.63, 3.8) is 0 Å². The predicted molar refractivity (Wildman–Crippen MR) is 80.1 cm³/mol. The monoisotopic (exact) mass is 260 g/mol. The number of likely N-dealkylation sites (N-methyl/N-ethyl adjacent to an activating group) is 1. The topological polar surface area (TPSA) is 57.9 Å². The third kappa shape index (κ3) is 4.04. The molecule has 0 aliphatic rings. The second-order valence-corrected chi connectivity index (χ2v) is 5.44. The molecule has 2 rings (SSSR count). The summed E-state index contributed by atoms with van der Waals surface area (Å²) in [6.07, 6.45) is 3.99. The van der Waals surface area contributed by atoms with Crippen LogP contribution in [-0.4, -0.2) is 41.5 Å². The maximum atomic E-state index is 5.64. The minimum atomic E-state index is 0.615. The zero-order chi connectivity index (χ0) is 13.7. The molecule has 1 aromatic carbocycles. The van der Waals surface area contributed by atoms with E-state index >= 15 is 0 Å². The largest absolute Gasteiger partial charge is 0.345 e. The first-order valence-corrected chi connectivity index (χ1v) is 6.99. The van der Waals surface area contributed by atoms with Crippen LogP contribution in [0.25, 0.3) is 11.0 Å². The Morgan fingerprint density at radius 2 is 2.21 bits per heavy atom. The number of fused-ring (bicyclic) bond motifs is 1. The molecule has 3 N–H and O–H groups in total. The van der Waals surface area contributed by atoms with Gasteiger partial charge in [-0.2, -0.15) is 0 Å². The van der Waals surface area contributed by atoms with Crippen molar-refractivity contribution in [2.45, 2.75) is 19.8 Å². The van der Waals surface area contributed by atoms with E-state index in [2.05, 4.69) is 47.0 Å². The van der Waals surface area contributed by atoms with E-state index < -0.39 is 0 Å². The molecule has 0 saturated heterocycles. The molecule has 0 amide bonds. The molecule has 0 fully saturated rings. The molecule has 0 bridgehead atoms. The molecule has 1 aromatic heterocycles. The average molecular weight is 260 g/mol. The van der Waals surface area contributed by atoms with Gasteiger partial charge in [0.15, 0.2) is 0 Å². The summed E-state index contributed by atoms with van der Waals surface area (Å²) in [7, 11) is 2.18. The van der Waals surface area contributed by atoms with Crippen LogP contribution in [0.5, 0.6) is 0 Å². The van der Waals surface area contributed by atoms with Gasteiger partial charge in [0.25, 0.3) is 0 Å². The molecule has 1 unspecified atom stereocenters. The molecule has 0 radical (unpaired) electrons. The Balaban J connectivity index is 1.80. The average Bonchev–Trinajstić information content (AvgIpc) is 2.89. The number of hydrogen-bond acceptors (Lipinski definition) is 3. The lowest BCUT2D eigenvalue weighted by Gasteiger charge is -2.18. The zero-order valence-electron chi connectivity index (χ0n) is 11.9. The highest BCUT2D eigenvalue weighted by molar-refractivity contribution is 5.75. The number of aromatic nitrogens is 2. The van der Waals surface area contributed by atoms with Crippen molar-refractivity contribution in [3.05, 3.63) is 30.1 Å².